The van der Waals surface area contributed by atoms with Crippen LogP contribution >= 0.6 is 0 Å². The fourth-order valence-corrected chi connectivity index (χ4v) is 4.10. The van der Waals surface area contributed by atoms with Crippen LogP contribution in [0.25, 0.3) is 11.0 Å². The molecule has 1 aliphatic carbocycles. The maximum Gasteiger partial charge on any atom is 0.260 e. The van der Waals surface area contributed by atoms with E-state index in [2.05, 4.69) is 24.9 Å². The minimum Gasteiger partial charge on any atom is -0.489 e. The molecule has 0 aliphatic heterocycles. The molecule has 8 heteroatoms. The molecular formula is C23H20FN5O2. The molecule has 0 amide bonds. The zero-order valence-electron chi connectivity index (χ0n) is 17.1. The lowest BCUT2D eigenvalue weighted by Gasteiger charge is -2.19. The molecule has 1 aliphatic rings. The molecule has 0 saturated heterocycles. The number of benzene rings is 1. The highest BCUT2D eigenvalue weighted by Crippen LogP contribution is 2.59. The lowest BCUT2D eigenvalue weighted by atomic mass is 9.93. The fourth-order valence-electron chi connectivity index (χ4n) is 4.10. The van der Waals surface area contributed by atoms with E-state index < -0.39 is 5.41 Å². The lowest BCUT2D eigenvalue weighted by Crippen LogP contribution is -2.22. The van der Waals surface area contributed by atoms with E-state index >= 15 is 0 Å². The highest BCUT2D eigenvalue weighted by Gasteiger charge is 2.58. The van der Waals surface area contributed by atoms with Crippen LogP contribution in [0.1, 0.15) is 35.2 Å². The zero-order valence-corrected chi connectivity index (χ0v) is 17.1. The Bertz CT molecular complexity index is 1360. The predicted octanol–water partition coefficient (Wildman–Crippen LogP) is 3.37. The number of nitrogens with one attached hydrogen (secondary N) is 1. The number of hydrogen-bond acceptors (Lipinski definition) is 6. The van der Waals surface area contributed by atoms with Gasteiger partial charge in [-0.1, -0.05) is 12.1 Å². The average molecular weight is 417 g/mol. The number of fused-ring (bicyclic) bond motifs is 1. The second kappa shape index (κ2) is 7.23. The van der Waals surface area contributed by atoms with Crippen molar-refractivity contribution in [1.82, 2.24) is 24.9 Å². The van der Waals surface area contributed by atoms with Crippen molar-refractivity contribution in [2.24, 2.45) is 0 Å². The van der Waals surface area contributed by atoms with Crippen LogP contribution in [0.4, 0.5) is 4.39 Å². The Labute approximate surface area is 177 Å². The van der Waals surface area contributed by atoms with Crippen molar-refractivity contribution in [2.75, 3.05) is 6.61 Å². The molecule has 4 aromatic rings. The minimum absolute atomic E-state index is 0.139. The van der Waals surface area contributed by atoms with Gasteiger partial charge in [-0.05, 0) is 50.1 Å². The summed E-state index contributed by atoms with van der Waals surface area (Å²) in [7, 11) is 0. The SMILES string of the molecule is Cc1ncc(OC[C@@]2(c3cccc(F)c3)C[C@H]2c2nc3ncccc3c(=O)[nH]2)c(C)n1. The summed E-state index contributed by atoms with van der Waals surface area (Å²) in [5, 5.41) is 0.437. The molecule has 0 radical (unpaired) electrons. The van der Waals surface area contributed by atoms with E-state index in [9.17, 15) is 9.18 Å². The fraction of sp³-hybridized carbons (Fsp3) is 0.261. The van der Waals surface area contributed by atoms with E-state index in [4.69, 9.17) is 4.74 Å². The normalized spacial score (nSPS) is 20.0. The topological polar surface area (TPSA) is 93.6 Å². The molecule has 1 fully saturated rings. The third-order valence-corrected chi connectivity index (χ3v) is 5.84. The summed E-state index contributed by atoms with van der Waals surface area (Å²) in [4.78, 5) is 32.8. The summed E-state index contributed by atoms with van der Waals surface area (Å²) in [6.07, 6.45) is 3.91. The summed E-state index contributed by atoms with van der Waals surface area (Å²) in [6.45, 7) is 3.95. The summed E-state index contributed by atoms with van der Waals surface area (Å²) in [5.74, 6) is 1.31. The van der Waals surface area contributed by atoms with Crippen molar-refractivity contribution in [2.45, 2.75) is 31.6 Å². The number of rotatable bonds is 5. The van der Waals surface area contributed by atoms with Crippen LogP contribution in [0.2, 0.25) is 0 Å². The zero-order chi connectivity index (χ0) is 21.6. The van der Waals surface area contributed by atoms with Gasteiger partial charge in [0.05, 0.1) is 23.9 Å². The molecule has 5 rings (SSSR count). The first-order chi connectivity index (χ1) is 15.0. The third-order valence-electron chi connectivity index (χ3n) is 5.84. The molecule has 0 spiro atoms. The molecule has 7 nitrogen and oxygen atoms in total. The molecule has 0 unspecified atom stereocenters. The van der Waals surface area contributed by atoms with Gasteiger partial charge in [0.15, 0.2) is 11.4 Å². The number of aromatic amines is 1. The largest absolute Gasteiger partial charge is 0.489 e. The van der Waals surface area contributed by atoms with Gasteiger partial charge in [0.25, 0.3) is 5.56 Å². The second-order valence-corrected chi connectivity index (χ2v) is 7.90. The van der Waals surface area contributed by atoms with Gasteiger partial charge in [0, 0.05) is 17.5 Å². The van der Waals surface area contributed by atoms with E-state index in [1.54, 1.807) is 30.6 Å². The quantitative estimate of drug-likeness (QED) is 0.535. The number of nitrogens with zero attached hydrogens (tertiary/aromatic N) is 4. The van der Waals surface area contributed by atoms with Crippen molar-refractivity contribution in [3.8, 4) is 5.75 Å². The molecule has 31 heavy (non-hydrogen) atoms. The molecule has 3 heterocycles. The number of H-pyrrole nitrogens is 1. The van der Waals surface area contributed by atoms with E-state index in [0.717, 1.165) is 11.3 Å². The second-order valence-electron chi connectivity index (χ2n) is 7.90. The summed E-state index contributed by atoms with van der Waals surface area (Å²) < 4.78 is 20.2. The van der Waals surface area contributed by atoms with Gasteiger partial charge in [-0.2, -0.15) is 0 Å². The standard InChI is InChI=1S/C23H20FN5O2/c1-13-19(11-26-14(2)27-13)31-12-23(15-5-3-6-16(24)9-15)10-18(23)21-28-20-17(22(30)29-21)7-4-8-25-20/h3-9,11,18H,10,12H2,1-2H3,(H,25,28,29,30)/t18-,23+/m0/s1. The minimum atomic E-state index is -0.530. The van der Waals surface area contributed by atoms with Gasteiger partial charge >= 0.3 is 0 Å². The van der Waals surface area contributed by atoms with Crippen molar-refractivity contribution in [3.05, 3.63) is 87.9 Å². The number of ether oxygens (including phenoxy) is 1. The maximum absolute atomic E-state index is 14.1. The molecule has 2 atom stereocenters. The number of hydrogen-bond donors (Lipinski definition) is 1. The van der Waals surface area contributed by atoms with Crippen LogP contribution in [-0.2, 0) is 5.41 Å². The van der Waals surface area contributed by atoms with Gasteiger partial charge in [-0.25, -0.2) is 24.3 Å². The maximum atomic E-state index is 14.1. The Kier molecular flexibility index (Phi) is 4.50. The Morgan fingerprint density at radius 2 is 2.06 bits per heavy atom. The molecule has 1 aromatic carbocycles. The van der Waals surface area contributed by atoms with Crippen LogP contribution in [-0.4, -0.2) is 31.5 Å². The van der Waals surface area contributed by atoms with Gasteiger partial charge in [0.1, 0.15) is 17.5 Å². The van der Waals surface area contributed by atoms with Crippen LogP contribution in [0.15, 0.2) is 53.6 Å². The van der Waals surface area contributed by atoms with Gasteiger partial charge in [0.2, 0.25) is 0 Å². The summed E-state index contributed by atoms with van der Waals surface area (Å²) in [5.41, 5.74) is 1.16. The van der Waals surface area contributed by atoms with Crippen molar-refractivity contribution >= 4 is 11.0 Å². The van der Waals surface area contributed by atoms with E-state index in [-0.39, 0.29) is 23.9 Å². The van der Waals surface area contributed by atoms with Crippen molar-refractivity contribution in [1.29, 1.82) is 0 Å². The summed E-state index contributed by atoms with van der Waals surface area (Å²) >= 11 is 0. The summed E-state index contributed by atoms with van der Waals surface area (Å²) in [6, 6.07) is 9.87. The van der Waals surface area contributed by atoms with Crippen LogP contribution in [0.5, 0.6) is 5.75 Å². The van der Waals surface area contributed by atoms with Gasteiger partial charge in [-0.15, -0.1) is 0 Å². The Morgan fingerprint density at radius 3 is 2.87 bits per heavy atom. The van der Waals surface area contributed by atoms with E-state index in [0.29, 0.717) is 34.9 Å². The highest BCUT2D eigenvalue weighted by atomic mass is 19.1. The van der Waals surface area contributed by atoms with Crippen LogP contribution < -0.4 is 10.3 Å². The number of pyridine rings is 1. The highest BCUT2D eigenvalue weighted by molar-refractivity contribution is 5.72. The molecule has 3 aromatic heterocycles. The average Bonchev–Trinajstić information content (AvgIpc) is 3.49. The molecule has 156 valence electrons. The van der Waals surface area contributed by atoms with E-state index in [1.807, 2.05) is 19.9 Å². The van der Waals surface area contributed by atoms with Gasteiger partial charge < -0.3 is 9.72 Å². The van der Waals surface area contributed by atoms with Crippen molar-refractivity contribution < 1.29 is 9.13 Å². The first kappa shape index (κ1) is 19.3. The van der Waals surface area contributed by atoms with Crippen LogP contribution in [0.3, 0.4) is 0 Å². The Balaban J connectivity index is 1.53. The van der Waals surface area contributed by atoms with Gasteiger partial charge in [-0.3, -0.25) is 4.79 Å². The lowest BCUT2D eigenvalue weighted by molar-refractivity contribution is 0.269. The first-order valence-electron chi connectivity index (χ1n) is 10.0. The first-order valence-corrected chi connectivity index (χ1v) is 10.0. The van der Waals surface area contributed by atoms with Crippen LogP contribution in [0, 0.1) is 19.7 Å². The van der Waals surface area contributed by atoms with Crippen molar-refractivity contribution in [3.63, 3.8) is 0 Å². The Hall–Kier alpha value is -3.68. The molecular weight excluding hydrogens is 397 g/mol. The Morgan fingerprint density at radius 1 is 1.19 bits per heavy atom. The number of aryl methyl sites for hydroxylation is 2. The molecule has 1 saturated carbocycles. The van der Waals surface area contributed by atoms with E-state index in [1.165, 1.54) is 12.1 Å². The number of aromatic nitrogens is 5. The predicted molar refractivity (Wildman–Crippen MR) is 113 cm³/mol. The molecule has 1 N–H and O–H groups in total. The molecule has 0 bridgehead atoms. The monoisotopic (exact) mass is 417 g/mol. The smallest absolute Gasteiger partial charge is 0.260 e. The third kappa shape index (κ3) is 3.43. The number of halogens is 1.